The number of nitrogens with two attached hydrogens (primary N) is 1. The predicted octanol–water partition coefficient (Wildman–Crippen LogP) is -1.87. The third-order valence-electron chi connectivity index (χ3n) is 1.15. The molecule has 0 fully saturated rings. The molecule has 0 atom stereocenters. The van der Waals surface area contributed by atoms with Crippen molar-refractivity contribution < 1.29 is 14.3 Å². The van der Waals surface area contributed by atoms with Gasteiger partial charge in [0, 0.05) is 20.3 Å². The van der Waals surface area contributed by atoms with Crippen molar-refractivity contribution >= 4 is 11.8 Å². The number of hydrogen-bond acceptors (Lipinski definition) is 4. The second-order valence-electron chi connectivity index (χ2n) is 2.08. The fraction of sp³-hybridized carbons (Fsp3) is 0.667. The number of methoxy groups -OCH3 is 1. The molecular weight excluding hydrogens is 162 g/mol. The van der Waals surface area contributed by atoms with Crippen molar-refractivity contribution in [3.05, 3.63) is 0 Å². The average molecular weight is 175 g/mol. The van der Waals surface area contributed by atoms with Crippen molar-refractivity contribution in [2.24, 2.45) is 5.84 Å². The third kappa shape index (κ3) is 4.64. The van der Waals surface area contributed by atoms with Gasteiger partial charge in [-0.15, -0.1) is 0 Å². The fourth-order valence-corrected chi connectivity index (χ4v) is 0.564. The number of ether oxygens (including phenoxy) is 1. The summed E-state index contributed by atoms with van der Waals surface area (Å²) in [6, 6.07) is 0. The topological polar surface area (TPSA) is 93.4 Å². The summed E-state index contributed by atoms with van der Waals surface area (Å²) in [6.07, 6.45) is 0.667. The summed E-state index contributed by atoms with van der Waals surface area (Å²) in [7, 11) is 1.56. The molecule has 0 aliphatic rings. The van der Waals surface area contributed by atoms with E-state index in [1.54, 1.807) is 12.5 Å². The van der Waals surface area contributed by atoms with Gasteiger partial charge in [0.1, 0.15) is 0 Å². The number of amides is 2. The molecule has 12 heavy (non-hydrogen) atoms. The van der Waals surface area contributed by atoms with Crippen LogP contribution in [-0.4, -0.2) is 32.1 Å². The third-order valence-corrected chi connectivity index (χ3v) is 1.15. The Bertz CT molecular complexity index is 160. The maximum absolute atomic E-state index is 10.7. The largest absolute Gasteiger partial charge is 0.385 e. The molecular formula is C6H13N3O3. The first-order chi connectivity index (χ1) is 5.72. The summed E-state index contributed by atoms with van der Waals surface area (Å²) in [4.78, 5) is 21.2. The summed E-state index contributed by atoms with van der Waals surface area (Å²) in [5.74, 6) is 3.15. The molecule has 0 aliphatic carbocycles. The molecule has 6 nitrogen and oxygen atoms in total. The first-order valence-electron chi connectivity index (χ1n) is 3.50. The second-order valence-corrected chi connectivity index (χ2v) is 2.08. The van der Waals surface area contributed by atoms with Gasteiger partial charge in [-0.05, 0) is 6.42 Å². The molecule has 0 aromatic rings. The van der Waals surface area contributed by atoms with Crippen LogP contribution in [-0.2, 0) is 14.3 Å². The lowest BCUT2D eigenvalue weighted by Gasteiger charge is -2.02. The van der Waals surface area contributed by atoms with E-state index in [-0.39, 0.29) is 0 Å². The molecule has 0 aromatic carbocycles. The number of hydrazine groups is 1. The Morgan fingerprint density at radius 2 is 2.08 bits per heavy atom. The van der Waals surface area contributed by atoms with Crippen molar-refractivity contribution in [3.8, 4) is 0 Å². The molecule has 0 saturated carbocycles. The minimum Gasteiger partial charge on any atom is -0.385 e. The van der Waals surface area contributed by atoms with Crippen LogP contribution < -0.4 is 16.6 Å². The summed E-state index contributed by atoms with van der Waals surface area (Å²) in [6.45, 7) is 0.949. The van der Waals surface area contributed by atoms with Gasteiger partial charge in [-0.1, -0.05) is 0 Å². The summed E-state index contributed by atoms with van der Waals surface area (Å²) >= 11 is 0. The Labute approximate surface area is 70.4 Å². The number of carbonyl (C=O) groups is 2. The van der Waals surface area contributed by atoms with Gasteiger partial charge in [-0.2, -0.15) is 0 Å². The maximum Gasteiger partial charge on any atom is 0.323 e. The van der Waals surface area contributed by atoms with E-state index in [0.717, 1.165) is 0 Å². The summed E-state index contributed by atoms with van der Waals surface area (Å²) in [5, 5.41) is 2.36. The Balaban J connectivity index is 3.38. The minimum atomic E-state index is -0.840. The van der Waals surface area contributed by atoms with E-state index < -0.39 is 11.8 Å². The number of hydrogen-bond donors (Lipinski definition) is 3. The van der Waals surface area contributed by atoms with Gasteiger partial charge in [-0.25, -0.2) is 5.84 Å². The summed E-state index contributed by atoms with van der Waals surface area (Å²) in [5.41, 5.74) is 1.72. The van der Waals surface area contributed by atoms with Crippen molar-refractivity contribution in [1.82, 2.24) is 10.7 Å². The summed E-state index contributed by atoms with van der Waals surface area (Å²) < 4.78 is 4.73. The van der Waals surface area contributed by atoms with Crippen LogP contribution in [0.5, 0.6) is 0 Å². The normalized spacial score (nSPS) is 9.17. The smallest absolute Gasteiger partial charge is 0.323 e. The number of rotatable bonds is 4. The molecule has 0 aromatic heterocycles. The lowest BCUT2D eigenvalue weighted by atomic mass is 10.4. The van der Waals surface area contributed by atoms with Crippen LogP contribution in [0.3, 0.4) is 0 Å². The van der Waals surface area contributed by atoms with Crippen LogP contribution in [0.1, 0.15) is 6.42 Å². The first-order valence-corrected chi connectivity index (χ1v) is 3.50. The zero-order valence-electron chi connectivity index (χ0n) is 6.92. The van der Waals surface area contributed by atoms with E-state index in [1.807, 2.05) is 0 Å². The second kappa shape index (κ2) is 6.56. The highest BCUT2D eigenvalue weighted by molar-refractivity contribution is 6.34. The van der Waals surface area contributed by atoms with Crippen molar-refractivity contribution in [3.63, 3.8) is 0 Å². The van der Waals surface area contributed by atoms with Crippen LogP contribution in [0.25, 0.3) is 0 Å². The van der Waals surface area contributed by atoms with Gasteiger partial charge in [0.25, 0.3) is 0 Å². The Hall–Kier alpha value is -1.14. The molecule has 0 spiro atoms. The van der Waals surface area contributed by atoms with Crippen LogP contribution in [0, 0.1) is 0 Å². The maximum atomic E-state index is 10.7. The number of nitrogens with one attached hydrogen (secondary N) is 2. The standard InChI is InChI=1S/C6H13N3O3/c1-12-4-2-3-8-5(10)6(11)9-7/h2-4,7H2,1H3,(H,8,10)(H,9,11). The van der Waals surface area contributed by atoms with Crippen molar-refractivity contribution in [2.45, 2.75) is 6.42 Å². The quantitative estimate of drug-likeness (QED) is 0.153. The van der Waals surface area contributed by atoms with Gasteiger partial charge in [0.05, 0.1) is 0 Å². The number of carbonyl (C=O) groups excluding carboxylic acids is 2. The van der Waals surface area contributed by atoms with Crippen LogP contribution in [0.15, 0.2) is 0 Å². The van der Waals surface area contributed by atoms with E-state index in [9.17, 15) is 9.59 Å². The molecule has 0 rings (SSSR count). The Morgan fingerprint density at radius 1 is 1.42 bits per heavy atom. The first kappa shape index (κ1) is 10.9. The van der Waals surface area contributed by atoms with Gasteiger partial charge in [-0.3, -0.25) is 15.0 Å². The Morgan fingerprint density at radius 3 is 2.58 bits per heavy atom. The van der Waals surface area contributed by atoms with E-state index in [2.05, 4.69) is 5.32 Å². The molecule has 0 radical (unpaired) electrons. The van der Waals surface area contributed by atoms with Crippen LogP contribution in [0.2, 0.25) is 0 Å². The molecule has 2 amide bonds. The Kier molecular flexibility index (Phi) is 5.94. The zero-order chi connectivity index (χ0) is 9.40. The van der Waals surface area contributed by atoms with Gasteiger partial charge in [0.2, 0.25) is 0 Å². The molecule has 4 N–H and O–H groups in total. The van der Waals surface area contributed by atoms with Gasteiger partial charge < -0.3 is 10.1 Å². The minimum absolute atomic E-state index is 0.403. The SMILES string of the molecule is COCCCNC(=O)C(=O)NN. The lowest BCUT2D eigenvalue weighted by molar-refractivity contribution is -0.139. The monoisotopic (exact) mass is 175 g/mol. The highest BCUT2D eigenvalue weighted by Crippen LogP contribution is 1.76. The lowest BCUT2D eigenvalue weighted by Crippen LogP contribution is -2.43. The van der Waals surface area contributed by atoms with Gasteiger partial charge in [0.15, 0.2) is 0 Å². The van der Waals surface area contributed by atoms with Crippen molar-refractivity contribution in [1.29, 1.82) is 0 Å². The molecule has 0 heterocycles. The predicted molar refractivity (Wildman–Crippen MR) is 41.8 cm³/mol. The molecule has 0 bridgehead atoms. The van der Waals surface area contributed by atoms with Gasteiger partial charge >= 0.3 is 11.8 Å². The van der Waals surface area contributed by atoms with E-state index in [1.165, 1.54) is 0 Å². The van der Waals surface area contributed by atoms with Crippen LogP contribution >= 0.6 is 0 Å². The average Bonchev–Trinajstić information content (AvgIpc) is 2.10. The highest BCUT2D eigenvalue weighted by Gasteiger charge is 2.09. The molecule has 0 saturated heterocycles. The molecule has 0 unspecified atom stereocenters. The molecule has 0 aliphatic heterocycles. The molecule has 6 heteroatoms. The van der Waals surface area contributed by atoms with E-state index in [4.69, 9.17) is 10.6 Å². The van der Waals surface area contributed by atoms with E-state index >= 15 is 0 Å². The highest BCUT2D eigenvalue weighted by atomic mass is 16.5. The molecule has 70 valence electrons. The van der Waals surface area contributed by atoms with E-state index in [0.29, 0.717) is 19.6 Å². The van der Waals surface area contributed by atoms with Crippen LogP contribution in [0.4, 0.5) is 0 Å². The zero-order valence-corrected chi connectivity index (χ0v) is 6.92. The van der Waals surface area contributed by atoms with Crippen molar-refractivity contribution in [2.75, 3.05) is 20.3 Å². The fourth-order valence-electron chi connectivity index (χ4n) is 0.564.